The third kappa shape index (κ3) is 3.45. The molecule has 1 saturated heterocycles. The van der Waals surface area contributed by atoms with Gasteiger partial charge in [-0.2, -0.15) is 0 Å². The molecule has 2 rings (SSSR count). The van der Waals surface area contributed by atoms with Crippen molar-refractivity contribution in [1.29, 1.82) is 0 Å². The van der Waals surface area contributed by atoms with Gasteiger partial charge in [0.05, 0.1) is 0 Å². The van der Waals surface area contributed by atoms with Gasteiger partial charge in [-0.15, -0.1) is 0 Å². The first-order chi connectivity index (χ1) is 7.84. The molecule has 1 aliphatic heterocycles. The molecule has 0 aromatic heterocycles. The zero-order valence-electron chi connectivity index (χ0n) is 9.55. The van der Waals surface area contributed by atoms with Crippen LogP contribution in [0.25, 0.3) is 6.08 Å². The van der Waals surface area contributed by atoms with E-state index in [4.69, 9.17) is 5.84 Å². The monoisotopic (exact) mass is 217 g/mol. The maximum absolute atomic E-state index is 5.71. The molecule has 0 spiro atoms. The van der Waals surface area contributed by atoms with E-state index in [0.29, 0.717) is 0 Å². The minimum atomic E-state index is 0.971. The summed E-state index contributed by atoms with van der Waals surface area (Å²) >= 11 is 0. The molecule has 0 unspecified atom stereocenters. The fraction of sp³-hybridized carbons (Fsp3) is 0.385. The number of hydrazine groups is 1. The Morgan fingerprint density at radius 2 is 1.75 bits per heavy atom. The SMILES string of the molecule is NN1CCN(C/C=C/c2ccccc2)CC1. The topological polar surface area (TPSA) is 32.5 Å². The van der Waals surface area contributed by atoms with Gasteiger partial charge in [0.25, 0.3) is 0 Å². The summed E-state index contributed by atoms with van der Waals surface area (Å²) in [4.78, 5) is 2.42. The predicted molar refractivity (Wildman–Crippen MR) is 67.7 cm³/mol. The molecule has 16 heavy (non-hydrogen) atoms. The maximum Gasteiger partial charge on any atom is 0.0257 e. The van der Waals surface area contributed by atoms with Crippen LogP contribution in [0.2, 0.25) is 0 Å². The first kappa shape index (κ1) is 11.3. The van der Waals surface area contributed by atoms with Crippen LogP contribution in [0.15, 0.2) is 36.4 Å². The fourth-order valence-corrected chi connectivity index (χ4v) is 1.85. The molecule has 2 N–H and O–H groups in total. The van der Waals surface area contributed by atoms with Crippen molar-refractivity contribution >= 4 is 6.08 Å². The zero-order valence-corrected chi connectivity index (χ0v) is 9.55. The molecule has 0 saturated carbocycles. The Morgan fingerprint density at radius 1 is 1.06 bits per heavy atom. The van der Waals surface area contributed by atoms with E-state index in [1.54, 1.807) is 0 Å². The number of rotatable bonds is 3. The highest BCUT2D eigenvalue weighted by atomic mass is 15.4. The van der Waals surface area contributed by atoms with Gasteiger partial charge in [-0.05, 0) is 5.56 Å². The lowest BCUT2D eigenvalue weighted by atomic mass is 10.2. The van der Waals surface area contributed by atoms with E-state index in [1.807, 2.05) is 11.1 Å². The van der Waals surface area contributed by atoms with Gasteiger partial charge in [0.1, 0.15) is 0 Å². The third-order valence-electron chi connectivity index (χ3n) is 2.88. The lowest BCUT2D eigenvalue weighted by Gasteiger charge is -2.31. The van der Waals surface area contributed by atoms with Crippen LogP contribution < -0.4 is 5.84 Å². The first-order valence-corrected chi connectivity index (χ1v) is 5.78. The molecule has 86 valence electrons. The van der Waals surface area contributed by atoms with E-state index in [9.17, 15) is 0 Å². The first-order valence-electron chi connectivity index (χ1n) is 5.78. The second kappa shape index (κ2) is 5.80. The van der Waals surface area contributed by atoms with Crippen LogP contribution in [0.3, 0.4) is 0 Å². The highest BCUT2D eigenvalue weighted by Crippen LogP contribution is 2.02. The number of nitrogens with two attached hydrogens (primary N) is 1. The van der Waals surface area contributed by atoms with Gasteiger partial charge in [-0.3, -0.25) is 10.7 Å². The number of hydrogen-bond donors (Lipinski definition) is 1. The summed E-state index contributed by atoms with van der Waals surface area (Å²) in [5, 5.41) is 1.89. The largest absolute Gasteiger partial charge is 0.297 e. The molecule has 0 radical (unpaired) electrons. The van der Waals surface area contributed by atoms with Crippen LogP contribution in [0, 0.1) is 0 Å². The summed E-state index contributed by atoms with van der Waals surface area (Å²) in [7, 11) is 0. The lowest BCUT2D eigenvalue weighted by molar-refractivity contribution is 0.144. The lowest BCUT2D eigenvalue weighted by Crippen LogP contribution is -2.49. The summed E-state index contributed by atoms with van der Waals surface area (Å²) < 4.78 is 0. The van der Waals surface area contributed by atoms with Crippen LogP contribution in [-0.2, 0) is 0 Å². The van der Waals surface area contributed by atoms with E-state index in [2.05, 4.69) is 41.3 Å². The van der Waals surface area contributed by atoms with Gasteiger partial charge in [0.15, 0.2) is 0 Å². The normalized spacial score (nSPS) is 19.3. The third-order valence-corrected chi connectivity index (χ3v) is 2.88. The maximum atomic E-state index is 5.71. The van der Waals surface area contributed by atoms with Crippen LogP contribution in [0.5, 0.6) is 0 Å². The average Bonchev–Trinajstić information content (AvgIpc) is 2.33. The van der Waals surface area contributed by atoms with E-state index < -0.39 is 0 Å². The van der Waals surface area contributed by atoms with Crippen molar-refractivity contribution in [1.82, 2.24) is 9.91 Å². The van der Waals surface area contributed by atoms with E-state index in [0.717, 1.165) is 32.7 Å². The van der Waals surface area contributed by atoms with Gasteiger partial charge in [-0.1, -0.05) is 42.5 Å². The molecular formula is C13H19N3. The molecule has 1 heterocycles. The van der Waals surface area contributed by atoms with Crippen LogP contribution in [0.1, 0.15) is 5.56 Å². The van der Waals surface area contributed by atoms with Crippen molar-refractivity contribution in [3.05, 3.63) is 42.0 Å². The summed E-state index contributed by atoms with van der Waals surface area (Å²) in [5.41, 5.74) is 1.26. The van der Waals surface area contributed by atoms with Gasteiger partial charge in [0, 0.05) is 32.7 Å². The molecule has 0 amide bonds. The minimum absolute atomic E-state index is 0.971. The molecule has 1 aromatic carbocycles. The Balaban J connectivity index is 1.77. The summed E-state index contributed by atoms with van der Waals surface area (Å²) in [6, 6.07) is 10.4. The Labute approximate surface area is 97.1 Å². The Morgan fingerprint density at radius 3 is 2.44 bits per heavy atom. The molecule has 3 nitrogen and oxygen atoms in total. The van der Waals surface area contributed by atoms with Gasteiger partial charge < -0.3 is 0 Å². The number of nitrogens with zero attached hydrogens (tertiary/aromatic N) is 2. The Hall–Kier alpha value is -1.16. The Kier molecular flexibility index (Phi) is 4.10. The van der Waals surface area contributed by atoms with Crippen molar-refractivity contribution in [2.75, 3.05) is 32.7 Å². The Bertz CT molecular complexity index is 326. The van der Waals surface area contributed by atoms with Crippen molar-refractivity contribution in [3.63, 3.8) is 0 Å². The smallest absolute Gasteiger partial charge is 0.0257 e. The zero-order chi connectivity index (χ0) is 11.2. The second-order valence-corrected chi connectivity index (χ2v) is 4.15. The molecule has 0 aliphatic carbocycles. The fourth-order valence-electron chi connectivity index (χ4n) is 1.85. The van der Waals surface area contributed by atoms with E-state index >= 15 is 0 Å². The second-order valence-electron chi connectivity index (χ2n) is 4.15. The molecular weight excluding hydrogens is 198 g/mol. The molecule has 0 bridgehead atoms. The predicted octanol–water partition coefficient (Wildman–Crippen LogP) is 1.19. The highest BCUT2D eigenvalue weighted by molar-refractivity contribution is 5.48. The average molecular weight is 217 g/mol. The van der Waals surface area contributed by atoms with Crippen LogP contribution >= 0.6 is 0 Å². The summed E-state index contributed by atoms with van der Waals surface area (Å²) in [6.45, 7) is 5.09. The highest BCUT2D eigenvalue weighted by Gasteiger charge is 2.11. The summed E-state index contributed by atoms with van der Waals surface area (Å²) in [5.74, 6) is 5.71. The van der Waals surface area contributed by atoms with Gasteiger partial charge in [-0.25, -0.2) is 5.01 Å². The number of piperazine rings is 1. The molecule has 1 fully saturated rings. The molecule has 1 aromatic rings. The molecule has 1 aliphatic rings. The van der Waals surface area contributed by atoms with E-state index in [-0.39, 0.29) is 0 Å². The number of hydrogen-bond acceptors (Lipinski definition) is 3. The molecule has 3 heteroatoms. The summed E-state index contributed by atoms with van der Waals surface area (Å²) in [6.07, 6.45) is 4.40. The number of benzene rings is 1. The van der Waals surface area contributed by atoms with Gasteiger partial charge in [0.2, 0.25) is 0 Å². The van der Waals surface area contributed by atoms with Crippen LogP contribution in [0.4, 0.5) is 0 Å². The van der Waals surface area contributed by atoms with Crippen molar-refractivity contribution in [2.45, 2.75) is 0 Å². The van der Waals surface area contributed by atoms with Gasteiger partial charge >= 0.3 is 0 Å². The van der Waals surface area contributed by atoms with Crippen molar-refractivity contribution < 1.29 is 0 Å². The minimum Gasteiger partial charge on any atom is -0.297 e. The molecule has 0 atom stereocenters. The van der Waals surface area contributed by atoms with E-state index in [1.165, 1.54) is 5.56 Å². The van der Waals surface area contributed by atoms with Crippen molar-refractivity contribution in [2.24, 2.45) is 5.84 Å². The van der Waals surface area contributed by atoms with Crippen LogP contribution in [-0.4, -0.2) is 42.6 Å². The standard InChI is InChI=1S/C13H19N3/c14-16-11-9-15(10-12-16)8-4-7-13-5-2-1-3-6-13/h1-7H,8-12,14H2/b7-4+. The van der Waals surface area contributed by atoms with Crippen molar-refractivity contribution in [3.8, 4) is 0 Å². The quantitative estimate of drug-likeness (QED) is 0.772.